The Morgan fingerprint density at radius 1 is 0.923 bits per heavy atom. The van der Waals surface area contributed by atoms with E-state index in [1.807, 2.05) is 0 Å². The standard InChI is InChI=1S/2C7H12N4O.Ni.H2O/c2*1-11-5-4-9-6(11)7(12)10-3-2-8;;/h2*4-5H,2-3,8H2,1H3,(H,10,12);;1H2/q;;+2;/p-2. The zero-order valence-corrected chi connectivity index (χ0v) is 15.6. The first-order chi connectivity index (χ1) is 11.5. The molecule has 0 unspecified atom stereocenters. The van der Waals surface area contributed by atoms with E-state index in [0.717, 1.165) is 0 Å². The fourth-order valence-corrected chi connectivity index (χ4v) is 1.62. The molecule has 0 aliphatic rings. The third kappa shape index (κ3) is 8.21. The van der Waals surface area contributed by atoms with Crippen LogP contribution < -0.4 is 21.7 Å². The molecule has 26 heavy (non-hydrogen) atoms. The summed E-state index contributed by atoms with van der Waals surface area (Å²) in [6, 6.07) is 0. The van der Waals surface area contributed by atoms with E-state index >= 15 is 0 Å². The molecular formula is C14H24N8NiO3. The summed E-state index contributed by atoms with van der Waals surface area (Å²) >= 11 is 0. The molecule has 6 N–H and O–H groups in total. The second kappa shape index (κ2) is 14.0. The number of hydrogen-bond donors (Lipinski definition) is 2. The van der Waals surface area contributed by atoms with Crippen LogP contribution in [0.15, 0.2) is 34.8 Å². The normalized spacial score (nSPS) is 11.1. The van der Waals surface area contributed by atoms with Gasteiger partial charge in [0.2, 0.25) is 0 Å². The topological polar surface area (TPSA) is 190 Å². The number of hydrogen-bond acceptors (Lipinski definition) is 8. The number of nitrogens with zero attached hydrogens (tertiary/aromatic N) is 6. The van der Waals surface area contributed by atoms with Crippen LogP contribution in [0.1, 0.15) is 11.6 Å². The monoisotopic (exact) mass is 410 g/mol. The second-order valence-corrected chi connectivity index (χ2v) is 4.67. The maximum atomic E-state index is 11.2. The van der Waals surface area contributed by atoms with Crippen LogP contribution in [-0.4, -0.2) is 62.6 Å². The van der Waals surface area contributed by atoms with Gasteiger partial charge in [-0.3, -0.25) is 9.98 Å². The van der Waals surface area contributed by atoms with Crippen LogP contribution in [0.2, 0.25) is 0 Å². The van der Waals surface area contributed by atoms with Crippen molar-refractivity contribution >= 4 is 11.8 Å². The molecule has 0 saturated carbocycles. The number of nitrogens with two attached hydrogens (primary N) is 2. The summed E-state index contributed by atoms with van der Waals surface area (Å²) in [5.74, 6) is 0.0767. The van der Waals surface area contributed by atoms with Crippen molar-refractivity contribution in [3.8, 4) is 0 Å². The van der Waals surface area contributed by atoms with E-state index in [2.05, 4.69) is 20.0 Å². The first-order valence-corrected chi connectivity index (χ1v) is 7.29. The molecule has 0 aliphatic heterocycles. The SMILES string of the molecule is Cn1ccnc1C([O-])=NCCN.Cn1ccnc1C([O-])=NCCN.O.[Ni+2]. The Morgan fingerprint density at radius 2 is 1.27 bits per heavy atom. The molecule has 0 fully saturated rings. The summed E-state index contributed by atoms with van der Waals surface area (Å²) in [4.78, 5) is 15.1. The Bertz CT molecular complexity index is 625. The minimum absolute atomic E-state index is 0. The van der Waals surface area contributed by atoms with Crippen molar-refractivity contribution < 1.29 is 32.2 Å². The van der Waals surface area contributed by atoms with Crippen LogP contribution in [-0.2, 0) is 30.6 Å². The molecule has 11 nitrogen and oxygen atoms in total. The van der Waals surface area contributed by atoms with Crippen molar-refractivity contribution in [3.63, 3.8) is 0 Å². The second-order valence-electron chi connectivity index (χ2n) is 4.67. The molecule has 0 atom stereocenters. The Hall–Kier alpha value is -2.27. The van der Waals surface area contributed by atoms with Gasteiger partial charge in [0.15, 0.2) is 0 Å². The molecule has 12 heteroatoms. The third-order valence-electron chi connectivity index (χ3n) is 2.79. The van der Waals surface area contributed by atoms with Gasteiger partial charge in [-0.1, -0.05) is 0 Å². The minimum Gasteiger partial charge on any atom is -0.856 e. The van der Waals surface area contributed by atoms with Gasteiger partial charge in [0.1, 0.15) is 11.6 Å². The largest absolute Gasteiger partial charge is 2.00 e. The minimum atomic E-state index is -0.312. The molecule has 0 saturated heterocycles. The molecule has 148 valence electrons. The van der Waals surface area contributed by atoms with Crippen molar-refractivity contribution in [2.24, 2.45) is 35.5 Å². The van der Waals surface area contributed by atoms with Gasteiger partial charge in [-0.15, -0.1) is 0 Å². The fraction of sp³-hybridized carbons (Fsp3) is 0.429. The fourth-order valence-electron chi connectivity index (χ4n) is 1.62. The van der Waals surface area contributed by atoms with Gasteiger partial charge in [0.05, 0.1) is 13.1 Å². The van der Waals surface area contributed by atoms with Crippen LogP contribution in [0.4, 0.5) is 0 Å². The number of aryl methyl sites for hydroxylation is 2. The van der Waals surface area contributed by atoms with Gasteiger partial charge < -0.3 is 36.3 Å². The molecule has 0 aromatic carbocycles. The molecule has 0 spiro atoms. The predicted molar refractivity (Wildman–Crippen MR) is 90.9 cm³/mol. The van der Waals surface area contributed by atoms with Gasteiger partial charge in [0, 0.05) is 63.8 Å². The van der Waals surface area contributed by atoms with Crippen LogP contribution in [0.3, 0.4) is 0 Å². The molecule has 2 rings (SSSR count). The predicted octanol–water partition coefficient (Wildman–Crippen LogP) is -3.86. The molecule has 2 aromatic rings. The average Bonchev–Trinajstić information content (AvgIpc) is 3.19. The van der Waals surface area contributed by atoms with Crippen molar-refractivity contribution in [2.75, 3.05) is 26.2 Å². The van der Waals surface area contributed by atoms with E-state index in [-0.39, 0.29) is 33.8 Å². The molecule has 2 heterocycles. The molecular weight excluding hydrogens is 387 g/mol. The quantitative estimate of drug-likeness (QED) is 0.278. The van der Waals surface area contributed by atoms with E-state index in [0.29, 0.717) is 37.8 Å². The first-order valence-electron chi connectivity index (χ1n) is 7.29. The Balaban J connectivity index is 0. The van der Waals surface area contributed by atoms with Crippen LogP contribution >= 0.6 is 0 Å². The Morgan fingerprint density at radius 3 is 1.50 bits per heavy atom. The molecule has 2 aromatic heterocycles. The van der Waals surface area contributed by atoms with Gasteiger partial charge in [-0.25, -0.2) is 9.97 Å². The molecule has 0 bridgehead atoms. The van der Waals surface area contributed by atoms with Crippen molar-refractivity contribution in [2.45, 2.75) is 0 Å². The number of aliphatic imine (C=N–C) groups is 2. The van der Waals surface area contributed by atoms with Gasteiger partial charge in [0.25, 0.3) is 0 Å². The van der Waals surface area contributed by atoms with Crippen molar-refractivity contribution in [1.82, 2.24) is 19.1 Å². The van der Waals surface area contributed by atoms with E-state index in [4.69, 9.17) is 11.5 Å². The van der Waals surface area contributed by atoms with Crippen LogP contribution in [0.5, 0.6) is 0 Å². The summed E-state index contributed by atoms with van der Waals surface area (Å²) in [7, 11) is 3.50. The Labute approximate surface area is 161 Å². The van der Waals surface area contributed by atoms with Crippen molar-refractivity contribution in [3.05, 3.63) is 36.4 Å². The van der Waals surface area contributed by atoms with Gasteiger partial charge >= 0.3 is 16.5 Å². The Kier molecular flexibility index (Phi) is 13.9. The molecule has 0 radical (unpaired) electrons. The van der Waals surface area contributed by atoms with Gasteiger partial charge in [-0.2, -0.15) is 0 Å². The molecule has 0 aliphatic carbocycles. The summed E-state index contributed by atoms with van der Waals surface area (Å²) < 4.78 is 3.25. The number of rotatable bonds is 6. The van der Waals surface area contributed by atoms with Gasteiger partial charge in [-0.05, 0) is 0 Å². The number of aromatic nitrogens is 4. The smallest absolute Gasteiger partial charge is 0.856 e. The maximum Gasteiger partial charge on any atom is 2.00 e. The zero-order valence-electron chi connectivity index (χ0n) is 14.6. The summed E-state index contributed by atoms with van der Waals surface area (Å²) in [5, 5.41) is 22.4. The summed E-state index contributed by atoms with van der Waals surface area (Å²) in [6.07, 6.45) is 6.52. The van der Waals surface area contributed by atoms with E-state index < -0.39 is 0 Å². The first kappa shape index (κ1) is 26.0. The van der Waals surface area contributed by atoms with E-state index in [1.54, 1.807) is 48.0 Å². The maximum absolute atomic E-state index is 11.2. The van der Waals surface area contributed by atoms with Crippen molar-refractivity contribution in [1.29, 1.82) is 0 Å². The van der Waals surface area contributed by atoms with Crippen LogP contribution in [0.25, 0.3) is 0 Å². The summed E-state index contributed by atoms with van der Waals surface area (Å²) in [5.41, 5.74) is 10.4. The summed E-state index contributed by atoms with van der Waals surface area (Å²) in [6.45, 7) is 1.48. The number of imidazole rings is 2. The third-order valence-corrected chi connectivity index (χ3v) is 2.79. The van der Waals surface area contributed by atoms with E-state index in [9.17, 15) is 10.2 Å². The van der Waals surface area contributed by atoms with Crippen LogP contribution in [0, 0.1) is 0 Å². The average molecular weight is 411 g/mol. The molecule has 0 amide bonds. The zero-order chi connectivity index (χ0) is 17.9. The van der Waals surface area contributed by atoms with E-state index in [1.165, 1.54) is 0 Å².